The van der Waals surface area contributed by atoms with E-state index in [-0.39, 0.29) is 12.3 Å². The van der Waals surface area contributed by atoms with Crippen LogP contribution in [0.5, 0.6) is 0 Å². The maximum Gasteiger partial charge on any atom is 0.412 e. The number of carbonyl (C=O) groups excluding carboxylic acids is 3. The number of hydrogen-bond acceptors (Lipinski definition) is 5. The summed E-state index contributed by atoms with van der Waals surface area (Å²) in [5, 5.41) is 2.66. The summed E-state index contributed by atoms with van der Waals surface area (Å²) < 4.78 is 11.3. The van der Waals surface area contributed by atoms with Crippen LogP contribution in [0.15, 0.2) is 0 Å². The minimum Gasteiger partial charge on any atom is -0.444 e. The molecule has 0 spiro atoms. The van der Waals surface area contributed by atoms with E-state index >= 15 is 0 Å². The molecule has 0 unspecified atom stereocenters. The fourth-order valence-electron chi connectivity index (χ4n) is 4.25. The van der Waals surface area contributed by atoms with E-state index in [0.717, 1.165) is 38.5 Å². The van der Waals surface area contributed by atoms with Crippen molar-refractivity contribution in [1.29, 1.82) is 0 Å². The van der Waals surface area contributed by atoms with E-state index in [1.165, 1.54) is 0 Å². The molecule has 0 saturated carbocycles. The first kappa shape index (κ1) is 25.3. The molecule has 8 heteroatoms. The van der Waals surface area contributed by atoms with Crippen molar-refractivity contribution >= 4 is 18.1 Å². The van der Waals surface area contributed by atoms with Gasteiger partial charge in [0.25, 0.3) is 11.6 Å². The first-order valence-corrected chi connectivity index (χ1v) is 11.9. The van der Waals surface area contributed by atoms with Gasteiger partial charge in [0.2, 0.25) is 0 Å². The van der Waals surface area contributed by atoms with Crippen LogP contribution in [-0.4, -0.2) is 65.4 Å². The Bertz CT molecular complexity index is 619. The predicted octanol–water partition coefficient (Wildman–Crippen LogP) is 4.28. The quantitative estimate of drug-likeness (QED) is 0.624. The third kappa shape index (κ3) is 7.28. The summed E-state index contributed by atoms with van der Waals surface area (Å²) in [5.41, 5.74) is -2.49. The highest BCUT2D eigenvalue weighted by atomic mass is 16.6. The van der Waals surface area contributed by atoms with E-state index in [1.54, 1.807) is 30.6 Å². The predicted molar refractivity (Wildman–Crippen MR) is 119 cm³/mol. The van der Waals surface area contributed by atoms with E-state index in [1.807, 2.05) is 6.92 Å². The average molecular weight is 440 g/mol. The van der Waals surface area contributed by atoms with Crippen LogP contribution in [0.25, 0.3) is 0 Å². The molecular weight excluding hydrogens is 398 g/mol. The van der Waals surface area contributed by atoms with Crippen LogP contribution in [0.2, 0.25) is 0 Å². The van der Waals surface area contributed by atoms with Crippen molar-refractivity contribution in [1.82, 2.24) is 15.1 Å². The normalized spacial score (nSPS) is 20.0. The van der Waals surface area contributed by atoms with Gasteiger partial charge >= 0.3 is 12.2 Å². The molecule has 0 aromatic carbocycles. The summed E-state index contributed by atoms with van der Waals surface area (Å²) in [5.74, 6) is 0.236. The lowest BCUT2D eigenvalue weighted by Gasteiger charge is -2.41. The second-order valence-corrected chi connectivity index (χ2v) is 9.76. The first-order chi connectivity index (χ1) is 14.6. The highest BCUT2D eigenvalue weighted by Crippen LogP contribution is 2.27. The molecule has 2 aliphatic rings. The third-order valence-corrected chi connectivity index (χ3v) is 6.01. The van der Waals surface area contributed by atoms with Crippen molar-refractivity contribution in [2.24, 2.45) is 5.92 Å². The van der Waals surface area contributed by atoms with Crippen LogP contribution in [0.4, 0.5) is 9.59 Å². The molecule has 0 aromatic heterocycles. The standard InChI is InChI=1S/C23H41N3O5/c1-6-13-23(24-20(28)30-22(3,4)5,31-21(29)26-14-9-8-10-15-26)19(27)25-16-11-18(7-2)12-17-25/h18H,6-17H2,1-5H3,(H,24,28)/t23-/m0/s1. The van der Waals surface area contributed by atoms with Gasteiger partial charge < -0.3 is 19.3 Å². The third-order valence-electron chi connectivity index (χ3n) is 6.01. The average Bonchev–Trinajstić information content (AvgIpc) is 2.72. The van der Waals surface area contributed by atoms with Gasteiger partial charge in [-0.05, 0) is 65.2 Å². The number of nitrogens with zero attached hydrogens (tertiary/aromatic N) is 2. The molecule has 0 radical (unpaired) electrons. The Labute approximate surface area is 187 Å². The largest absolute Gasteiger partial charge is 0.444 e. The molecule has 3 amide bonds. The summed E-state index contributed by atoms with van der Waals surface area (Å²) in [6, 6.07) is 0. The van der Waals surface area contributed by atoms with Crippen LogP contribution in [0.1, 0.15) is 86.0 Å². The topological polar surface area (TPSA) is 88.2 Å². The highest BCUT2D eigenvalue weighted by molar-refractivity contribution is 5.90. The minimum absolute atomic E-state index is 0.193. The fourth-order valence-corrected chi connectivity index (χ4v) is 4.25. The summed E-state index contributed by atoms with van der Waals surface area (Å²) in [7, 11) is 0. The van der Waals surface area contributed by atoms with Crippen LogP contribution in [-0.2, 0) is 14.3 Å². The number of amides is 3. The van der Waals surface area contributed by atoms with Crippen molar-refractivity contribution < 1.29 is 23.9 Å². The van der Waals surface area contributed by atoms with Gasteiger partial charge in [0, 0.05) is 32.6 Å². The molecule has 8 nitrogen and oxygen atoms in total. The van der Waals surface area contributed by atoms with Crippen LogP contribution in [0.3, 0.4) is 0 Å². The Morgan fingerprint density at radius 3 is 2.03 bits per heavy atom. The highest BCUT2D eigenvalue weighted by Gasteiger charge is 2.48. The summed E-state index contributed by atoms with van der Waals surface area (Å²) in [6.07, 6.45) is 5.24. The molecule has 0 bridgehead atoms. The lowest BCUT2D eigenvalue weighted by atomic mass is 9.93. The number of alkyl carbamates (subject to hydrolysis) is 1. The molecule has 2 saturated heterocycles. The van der Waals surface area contributed by atoms with Gasteiger partial charge in [-0.3, -0.25) is 10.1 Å². The molecular formula is C23H41N3O5. The lowest BCUT2D eigenvalue weighted by Crippen LogP contribution is -2.64. The maximum atomic E-state index is 13.7. The van der Waals surface area contributed by atoms with Gasteiger partial charge in [-0.1, -0.05) is 20.3 Å². The monoisotopic (exact) mass is 439 g/mol. The smallest absolute Gasteiger partial charge is 0.412 e. The van der Waals surface area contributed by atoms with Crippen LogP contribution in [0, 0.1) is 5.92 Å². The molecule has 178 valence electrons. The molecule has 0 aliphatic carbocycles. The number of ether oxygens (including phenoxy) is 2. The SMILES string of the molecule is CCC[C@](NC(=O)OC(C)(C)C)(OC(=O)N1CCCCC1)C(=O)N1CCC(CC)CC1. The number of nitrogens with one attached hydrogen (secondary N) is 1. The van der Waals surface area contributed by atoms with Gasteiger partial charge in [-0.2, -0.15) is 0 Å². The zero-order chi connectivity index (χ0) is 23.1. The zero-order valence-electron chi connectivity index (χ0n) is 20.0. The van der Waals surface area contributed by atoms with Crippen molar-refractivity contribution in [2.45, 2.75) is 97.3 Å². The van der Waals surface area contributed by atoms with E-state index in [9.17, 15) is 14.4 Å². The number of piperidine rings is 2. The Kier molecular flexibility index (Phi) is 9.01. The molecule has 31 heavy (non-hydrogen) atoms. The summed E-state index contributed by atoms with van der Waals surface area (Å²) in [6.45, 7) is 11.7. The summed E-state index contributed by atoms with van der Waals surface area (Å²) >= 11 is 0. The van der Waals surface area contributed by atoms with Crippen LogP contribution >= 0.6 is 0 Å². The summed E-state index contributed by atoms with van der Waals surface area (Å²) in [4.78, 5) is 42.7. The number of carbonyl (C=O) groups is 3. The fraction of sp³-hybridized carbons (Fsp3) is 0.870. The molecule has 1 N–H and O–H groups in total. The molecule has 2 rings (SSSR count). The van der Waals surface area contributed by atoms with Gasteiger partial charge in [-0.25, -0.2) is 9.59 Å². The van der Waals surface area contributed by atoms with Crippen LogP contribution < -0.4 is 5.32 Å². The van der Waals surface area contributed by atoms with Gasteiger partial charge in [0.05, 0.1) is 0 Å². The minimum atomic E-state index is -1.76. The molecule has 2 heterocycles. The second-order valence-electron chi connectivity index (χ2n) is 9.76. The van der Waals surface area contributed by atoms with Gasteiger partial charge in [-0.15, -0.1) is 0 Å². The zero-order valence-corrected chi connectivity index (χ0v) is 20.0. The Morgan fingerprint density at radius 2 is 1.52 bits per heavy atom. The first-order valence-electron chi connectivity index (χ1n) is 11.9. The molecule has 1 atom stereocenters. The molecule has 2 aliphatic heterocycles. The van der Waals surface area contributed by atoms with Crippen molar-refractivity contribution in [3.8, 4) is 0 Å². The van der Waals surface area contributed by atoms with E-state index in [0.29, 0.717) is 38.5 Å². The molecule has 0 aromatic rings. The van der Waals surface area contributed by atoms with E-state index in [2.05, 4.69) is 12.2 Å². The van der Waals surface area contributed by atoms with Crippen molar-refractivity contribution in [3.63, 3.8) is 0 Å². The number of hydrogen-bond donors (Lipinski definition) is 1. The van der Waals surface area contributed by atoms with E-state index < -0.39 is 23.5 Å². The van der Waals surface area contributed by atoms with Crippen molar-refractivity contribution in [3.05, 3.63) is 0 Å². The Hall–Kier alpha value is -1.99. The Balaban J connectivity index is 2.26. The van der Waals surface area contributed by atoms with Gasteiger partial charge in [0.1, 0.15) is 5.60 Å². The second kappa shape index (κ2) is 11.0. The van der Waals surface area contributed by atoms with Gasteiger partial charge in [0.15, 0.2) is 0 Å². The van der Waals surface area contributed by atoms with E-state index in [4.69, 9.17) is 9.47 Å². The number of rotatable bonds is 6. The maximum absolute atomic E-state index is 13.7. The Morgan fingerprint density at radius 1 is 0.903 bits per heavy atom. The molecule has 2 fully saturated rings. The number of likely N-dealkylation sites (tertiary alicyclic amines) is 2. The van der Waals surface area contributed by atoms with Crippen molar-refractivity contribution in [2.75, 3.05) is 26.2 Å². The lowest BCUT2D eigenvalue weighted by molar-refractivity contribution is -0.159.